The number of carbonyl (C=O) groups excluding carboxylic acids is 1. The van der Waals surface area contributed by atoms with Crippen molar-refractivity contribution in [3.63, 3.8) is 0 Å². The highest BCUT2D eigenvalue weighted by atomic mass is 16.4. The molecular formula is C13H24N2O3. The maximum absolute atomic E-state index is 10.5. The Kier molecular flexibility index (Phi) is 7.31. The average molecular weight is 256 g/mol. The van der Waals surface area contributed by atoms with E-state index < -0.39 is 5.97 Å². The summed E-state index contributed by atoms with van der Waals surface area (Å²) in [4.78, 5) is 10.5. The molecule has 0 aliphatic carbocycles. The topological polar surface area (TPSA) is 72.4 Å². The highest BCUT2D eigenvalue weighted by Crippen LogP contribution is 2.04. The van der Waals surface area contributed by atoms with Crippen molar-refractivity contribution in [3.8, 4) is 0 Å². The van der Waals surface area contributed by atoms with Crippen molar-refractivity contribution in [2.75, 3.05) is 39.8 Å². The Labute approximate surface area is 109 Å². The van der Waals surface area contributed by atoms with Gasteiger partial charge in [0.05, 0.1) is 33.3 Å². The van der Waals surface area contributed by atoms with Gasteiger partial charge in [-0.1, -0.05) is 13.2 Å². The van der Waals surface area contributed by atoms with Gasteiger partial charge in [-0.05, 0) is 12.5 Å². The van der Waals surface area contributed by atoms with E-state index in [1.807, 2.05) is 14.0 Å². The molecule has 104 valence electrons. The Morgan fingerprint density at radius 2 is 1.94 bits per heavy atom. The molecule has 0 bridgehead atoms. The number of nitrogens with zero attached hydrogens (tertiary/aromatic N) is 1. The summed E-state index contributed by atoms with van der Waals surface area (Å²) in [5.74, 6) is -1.06. The van der Waals surface area contributed by atoms with Crippen molar-refractivity contribution in [3.05, 3.63) is 24.4 Å². The molecule has 0 fully saturated rings. The van der Waals surface area contributed by atoms with E-state index >= 15 is 0 Å². The molecule has 0 heterocycles. The average Bonchev–Trinajstić information content (AvgIpc) is 2.26. The molecule has 0 aromatic rings. The predicted molar refractivity (Wildman–Crippen MR) is 69.5 cm³/mol. The van der Waals surface area contributed by atoms with Crippen LogP contribution in [0.15, 0.2) is 24.4 Å². The van der Waals surface area contributed by atoms with Gasteiger partial charge in [0.15, 0.2) is 0 Å². The number of aliphatic hydroxyl groups is 1. The van der Waals surface area contributed by atoms with E-state index in [9.17, 15) is 9.90 Å². The largest absolute Gasteiger partial charge is 0.550 e. The molecule has 0 amide bonds. The highest BCUT2D eigenvalue weighted by molar-refractivity contribution is 5.64. The third-order valence-electron chi connectivity index (χ3n) is 3.00. The number of carbonyl (C=O) groups is 1. The second kappa shape index (κ2) is 7.89. The molecule has 0 aliphatic rings. The van der Waals surface area contributed by atoms with Crippen LogP contribution in [-0.2, 0) is 4.79 Å². The third-order valence-corrected chi connectivity index (χ3v) is 3.00. The molecule has 1 unspecified atom stereocenters. The van der Waals surface area contributed by atoms with Crippen LogP contribution in [0.4, 0.5) is 0 Å². The summed E-state index contributed by atoms with van der Waals surface area (Å²) >= 11 is 0. The lowest BCUT2D eigenvalue weighted by molar-refractivity contribution is -0.908. The molecule has 0 rings (SSSR count). The number of hydrogen-bond acceptors (Lipinski definition) is 4. The molecule has 5 heteroatoms. The number of rotatable bonds is 10. The molecule has 18 heavy (non-hydrogen) atoms. The van der Waals surface area contributed by atoms with Gasteiger partial charge in [0.1, 0.15) is 6.54 Å². The third kappa shape index (κ3) is 7.09. The van der Waals surface area contributed by atoms with Crippen molar-refractivity contribution in [2.24, 2.45) is 0 Å². The summed E-state index contributed by atoms with van der Waals surface area (Å²) in [6.45, 7) is 11.8. The summed E-state index contributed by atoms with van der Waals surface area (Å²) < 4.78 is 0.487. The van der Waals surface area contributed by atoms with Gasteiger partial charge in [0.25, 0.3) is 0 Å². The molecule has 2 N–H and O–H groups in total. The molecule has 0 saturated heterocycles. The number of likely N-dealkylation sites (N-methyl/N-ethyl adjacent to an activating group) is 1. The Bertz CT molecular complexity index is 315. The summed E-state index contributed by atoms with van der Waals surface area (Å²) in [5, 5.41) is 22.7. The Hall–Kier alpha value is -1.33. The fourth-order valence-electron chi connectivity index (χ4n) is 1.57. The van der Waals surface area contributed by atoms with Crippen LogP contribution in [0, 0.1) is 0 Å². The van der Waals surface area contributed by atoms with Crippen LogP contribution in [-0.4, -0.2) is 55.4 Å². The molecular weight excluding hydrogens is 232 g/mol. The molecule has 0 aliphatic heterocycles. The van der Waals surface area contributed by atoms with Crippen molar-refractivity contribution >= 4 is 5.97 Å². The van der Waals surface area contributed by atoms with Crippen molar-refractivity contribution < 1.29 is 19.5 Å². The minimum atomic E-state index is -1.06. The second-order valence-electron chi connectivity index (χ2n) is 4.82. The Balaban J connectivity index is 4.21. The van der Waals surface area contributed by atoms with Crippen molar-refractivity contribution in [1.29, 1.82) is 0 Å². The predicted octanol–water partition coefficient (Wildman–Crippen LogP) is -0.755. The molecule has 0 radical (unpaired) electrons. The minimum Gasteiger partial charge on any atom is -0.550 e. The van der Waals surface area contributed by atoms with E-state index in [0.29, 0.717) is 30.7 Å². The van der Waals surface area contributed by atoms with E-state index in [1.54, 1.807) is 0 Å². The Morgan fingerprint density at radius 3 is 2.39 bits per heavy atom. The maximum Gasteiger partial charge on any atom is 0.102 e. The molecule has 0 saturated carbocycles. The SMILES string of the molecule is C=C(C)C(=C)NCC[N+](C)(CCO)CCC(=O)[O-]. The first-order valence-corrected chi connectivity index (χ1v) is 6.03. The molecule has 0 spiro atoms. The zero-order chi connectivity index (χ0) is 14.2. The number of allylic oxidation sites excluding steroid dienone is 1. The normalized spacial score (nSPS) is 13.7. The maximum atomic E-state index is 10.5. The zero-order valence-corrected chi connectivity index (χ0v) is 11.4. The summed E-state index contributed by atoms with van der Waals surface area (Å²) in [5.41, 5.74) is 1.66. The fraction of sp³-hybridized carbons (Fsp3) is 0.615. The number of carboxylic acid groups (broad SMARTS) is 1. The van der Waals surface area contributed by atoms with E-state index in [-0.39, 0.29) is 13.0 Å². The summed E-state index contributed by atoms with van der Waals surface area (Å²) in [6.07, 6.45) is -0.00205. The van der Waals surface area contributed by atoms with Gasteiger partial charge in [-0.3, -0.25) is 0 Å². The number of aliphatic hydroxyl groups excluding tert-OH is 1. The van der Waals surface area contributed by atoms with Gasteiger partial charge in [-0.15, -0.1) is 0 Å². The van der Waals surface area contributed by atoms with Crippen molar-refractivity contribution in [2.45, 2.75) is 13.3 Å². The van der Waals surface area contributed by atoms with Gasteiger partial charge in [0.2, 0.25) is 0 Å². The van der Waals surface area contributed by atoms with Crippen LogP contribution >= 0.6 is 0 Å². The number of aliphatic carboxylic acids is 1. The number of quaternary nitrogens is 1. The second-order valence-corrected chi connectivity index (χ2v) is 4.82. The number of hydrogen-bond donors (Lipinski definition) is 2. The standard InChI is InChI=1S/C13H24N2O3/c1-11(2)12(3)14-6-8-15(4,9-10-16)7-5-13(17)18/h14,16H,1,3,5-10H2,2,4H3. The van der Waals surface area contributed by atoms with Crippen molar-refractivity contribution in [1.82, 2.24) is 5.32 Å². The first kappa shape index (κ1) is 16.7. The van der Waals surface area contributed by atoms with E-state index in [0.717, 1.165) is 11.3 Å². The van der Waals surface area contributed by atoms with Crippen LogP contribution in [0.2, 0.25) is 0 Å². The lowest BCUT2D eigenvalue weighted by atomic mass is 10.2. The fourth-order valence-corrected chi connectivity index (χ4v) is 1.57. The lowest BCUT2D eigenvalue weighted by Crippen LogP contribution is -2.51. The quantitative estimate of drug-likeness (QED) is 0.398. The van der Waals surface area contributed by atoms with E-state index in [1.165, 1.54) is 0 Å². The van der Waals surface area contributed by atoms with Gasteiger partial charge in [-0.25, -0.2) is 0 Å². The molecule has 5 nitrogen and oxygen atoms in total. The minimum absolute atomic E-state index is 0.00205. The molecule has 1 atom stereocenters. The first-order valence-electron chi connectivity index (χ1n) is 6.03. The van der Waals surface area contributed by atoms with Crippen LogP contribution in [0.25, 0.3) is 0 Å². The smallest absolute Gasteiger partial charge is 0.102 e. The monoisotopic (exact) mass is 256 g/mol. The van der Waals surface area contributed by atoms with E-state index in [4.69, 9.17) is 5.11 Å². The molecule has 0 aromatic heterocycles. The first-order chi connectivity index (χ1) is 8.30. The van der Waals surface area contributed by atoms with Crippen LogP contribution < -0.4 is 10.4 Å². The van der Waals surface area contributed by atoms with Gasteiger partial charge < -0.3 is 24.8 Å². The zero-order valence-electron chi connectivity index (χ0n) is 11.4. The number of carboxylic acids is 1. The number of nitrogens with one attached hydrogen (secondary N) is 1. The van der Waals surface area contributed by atoms with E-state index in [2.05, 4.69) is 18.5 Å². The lowest BCUT2D eigenvalue weighted by Gasteiger charge is -2.34. The highest BCUT2D eigenvalue weighted by Gasteiger charge is 2.20. The summed E-state index contributed by atoms with van der Waals surface area (Å²) in [7, 11) is 1.92. The van der Waals surface area contributed by atoms with Gasteiger partial charge >= 0.3 is 0 Å². The summed E-state index contributed by atoms with van der Waals surface area (Å²) in [6, 6.07) is 0. The Morgan fingerprint density at radius 1 is 1.33 bits per heavy atom. The van der Waals surface area contributed by atoms with Gasteiger partial charge in [0, 0.05) is 18.1 Å². The van der Waals surface area contributed by atoms with Gasteiger partial charge in [-0.2, -0.15) is 0 Å². The van der Waals surface area contributed by atoms with Crippen LogP contribution in [0.3, 0.4) is 0 Å². The van der Waals surface area contributed by atoms with Crippen LogP contribution in [0.1, 0.15) is 13.3 Å². The van der Waals surface area contributed by atoms with Crippen LogP contribution in [0.5, 0.6) is 0 Å². The molecule has 0 aromatic carbocycles.